The van der Waals surface area contributed by atoms with Crippen LogP contribution in [0.5, 0.6) is 5.75 Å². The molecule has 0 aliphatic heterocycles. The van der Waals surface area contributed by atoms with E-state index in [1.807, 2.05) is 13.8 Å². The van der Waals surface area contributed by atoms with Crippen LogP contribution >= 0.6 is 0 Å². The van der Waals surface area contributed by atoms with Gasteiger partial charge in [-0.15, -0.1) is 0 Å². The van der Waals surface area contributed by atoms with Crippen LogP contribution < -0.4 is 4.74 Å². The Morgan fingerprint density at radius 1 is 1.07 bits per heavy atom. The van der Waals surface area contributed by atoms with E-state index in [9.17, 15) is 18.4 Å². The minimum Gasteiger partial charge on any atom is -0.483 e. The Labute approximate surface area is 178 Å². The average Bonchev–Trinajstić information content (AvgIpc) is 2.62. The Morgan fingerprint density at radius 3 is 2.20 bits per heavy atom. The number of rotatable bonds is 10. The van der Waals surface area contributed by atoms with Crippen LogP contribution in [0.4, 0.5) is 8.78 Å². The third kappa shape index (κ3) is 8.28. The summed E-state index contributed by atoms with van der Waals surface area (Å²) in [6.45, 7) is 12.4. The van der Waals surface area contributed by atoms with E-state index >= 15 is 0 Å². The molecule has 30 heavy (non-hydrogen) atoms. The monoisotopic (exact) mass is 428 g/mol. The third-order valence-corrected chi connectivity index (χ3v) is 4.73. The highest BCUT2D eigenvalue weighted by Gasteiger charge is 2.32. The minimum absolute atomic E-state index is 0.0448. The Balaban J connectivity index is 2.88. The van der Waals surface area contributed by atoms with Gasteiger partial charge in [0.25, 0.3) is 0 Å². The van der Waals surface area contributed by atoms with Crippen molar-refractivity contribution in [2.24, 2.45) is 11.8 Å². The molecule has 0 bridgehead atoms. The number of halogens is 2. The summed E-state index contributed by atoms with van der Waals surface area (Å²) < 4.78 is 44.2. The van der Waals surface area contributed by atoms with Gasteiger partial charge in [0.05, 0.1) is 12.3 Å². The maximum Gasteiger partial charge on any atom is 0.309 e. The highest BCUT2D eigenvalue weighted by molar-refractivity contribution is 5.79. The third-order valence-electron chi connectivity index (χ3n) is 4.73. The van der Waals surface area contributed by atoms with Gasteiger partial charge in [0.1, 0.15) is 23.6 Å². The van der Waals surface area contributed by atoms with E-state index < -0.39 is 47.3 Å². The fourth-order valence-corrected chi connectivity index (χ4v) is 3.13. The predicted octanol–water partition coefficient (Wildman–Crippen LogP) is 5.45. The Morgan fingerprint density at radius 2 is 1.67 bits per heavy atom. The van der Waals surface area contributed by atoms with Gasteiger partial charge in [0.15, 0.2) is 11.6 Å². The summed E-state index contributed by atoms with van der Waals surface area (Å²) in [5.41, 5.74) is -0.641. The molecule has 0 N–H and O–H groups in total. The van der Waals surface area contributed by atoms with E-state index in [-0.39, 0.29) is 18.1 Å². The van der Waals surface area contributed by atoms with Crippen molar-refractivity contribution < 1.29 is 32.6 Å². The number of ether oxygens (including phenoxy) is 3. The fourth-order valence-electron chi connectivity index (χ4n) is 3.13. The molecular formula is C23H34F2O5. The zero-order valence-electron chi connectivity index (χ0n) is 19.0. The smallest absolute Gasteiger partial charge is 0.309 e. The molecule has 5 nitrogen and oxygen atoms in total. The minimum atomic E-state index is -0.730. The zero-order valence-corrected chi connectivity index (χ0v) is 19.0. The van der Waals surface area contributed by atoms with Crippen molar-refractivity contribution in [3.05, 3.63) is 29.8 Å². The SMILES string of the molecule is CCC(CC)[C@@H](Oc1cc(F)ccc1F)[C@H](C)OC(=O)[C@H](C)CC(=O)OC(C)(C)C. The molecule has 0 radical (unpaired) electrons. The highest BCUT2D eigenvalue weighted by Crippen LogP contribution is 2.27. The molecule has 1 aromatic rings. The summed E-state index contributed by atoms with van der Waals surface area (Å²) in [4.78, 5) is 24.5. The van der Waals surface area contributed by atoms with Gasteiger partial charge in [-0.25, -0.2) is 8.78 Å². The van der Waals surface area contributed by atoms with E-state index in [1.54, 1.807) is 34.6 Å². The number of hydrogen-bond acceptors (Lipinski definition) is 5. The standard InChI is InChI=1S/C23H34F2O5/c1-8-16(9-2)21(29-19-13-17(24)10-11-18(19)25)15(4)28-22(27)14(3)12-20(26)30-23(5,6)7/h10-11,13-16,21H,8-9,12H2,1-7H3/t14-,15+,21+/m1/s1. The van der Waals surface area contributed by atoms with Crippen LogP contribution in [0.3, 0.4) is 0 Å². The second kappa shape index (κ2) is 11.3. The molecule has 7 heteroatoms. The lowest BCUT2D eigenvalue weighted by Crippen LogP contribution is -2.40. The molecule has 0 spiro atoms. The highest BCUT2D eigenvalue weighted by atomic mass is 19.1. The van der Waals surface area contributed by atoms with E-state index in [1.165, 1.54) is 0 Å². The number of hydrogen-bond donors (Lipinski definition) is 0. The van der Waals surface area contributed by atoms with E-state index in [4.69, 9.17) is 14.2 Å². The molecular weight excluding hydrogens is 394 g/mol. The number of benzene rings is 1. The van der Waals surface area contributed by atoms with Gasteiger partial charge >= 0.3 is 11.9 Å². The van der Waals surface area contributed by atoms with E-state index in [0.29, 0.717) is 12.8 Å². The summed E-state index contributed by atoms with van der Waals surface area (Å²) in [5, 5.41) is 0. The van der Waals surface area contributed by atoms with Crippen molar-refractivity contribution in [3.63, 3.8) is 0 Å². The molecule has 0 saturated heterocycles. The molecule has 3 atom stereocenters. The van der Waals surface area contributed by atoms with Crippen molar-refractivity contribution in [3.8, 4) is 5.75 Å². The molecule has 170 valence electrons. The van der Waals surface area contributed by atoms with Gasteiger partial charge < -0.3 is 14.2 Å². The van der Waals surface area contributed by atoms with E-state index in [2.05, 4.69) is 0 Å². The molecule has 0 unspecified atom stereocenters. The van der Waals surface area contributed by atoms with Crippen molar-refractivity contribution in [2.45, 2.75) is 85.5 Å². The first kappa shape index (κ1) is 25.9. The van der Waals surface area contributed by atoms with Crippen molar-refractivity contribution in [1.29, 1.82) is 0 Å². The lowest BCUT2D eigenvalue weighted by Gasteiger charge is -2.31. The normalized spacial score (nSPS) is 14.7. The van der Waals surface area contributed by atoms with Gasteiger partial charge in [-0.1, -0.05) is 20.8 Å². The lowest BCUT2D eigenvalue weighted by molar-refractivity contribution is -0.166. The van der Waals surface area contributed by atoms with Crippen LogP contribution in [0.1, 0.15) is 67.7 Å². The largest absolute Gasteiger partial charge is 0.483 e. The van der Waals surface area contributed by atoms with Crippen LogP contribution in [-0.2, 0) is 19.1 Å². The summed E-state index contributed by atoms with van der Waals surface area (Å²) in [7, 11) is 0. The van der Waals surface area contributed by atoms with E-state index in [0.717, 1.165) is 18.2 Å². The average molecular weight is 429 g/mol. The molecule has 1 rings (SSSR count). The van der Waals surface area contributed by atoms with Crippen LogP contribution in [0.2, 0.25) is 0 Å². The lowest BCUT2D eigenvalue weighted by atomic mass is 9.93. The molecule has 0 aliphatic carbocycles. The quantitative estimate of drug-likeness (QED) is 0.464. The Bertz CT molecular complexity index is 710. The maximum absolute atomic E-state index is 14.1. The van der Waals surface area contributed by atoms with Gasteiger partial charge in [-0.2, -0.15) is 0 Å². The number of esters is 2. The van der Waals surface area contributed by atoms with Crippen LogP contribution in [0.15, 0.2) is 18.2 Å². The molecule has 0 saturated carbocycles. The predicted molar refractivity (Wildman–Crippen MR) is 110 cm³/mol. The molecule has 0 aromatic heterocycles. The van der Waals surface area contributed by atoms with Crippen LogP contribution in [0.25, 0.3) is 0 Å². The van der Waals surface area contributed by atoms with Crippen LogP contribution in [0, 0.1) is 23.5 Å². The Kier molecular flexibility index (Phi) is 9.72. The first-order chi connectivity index (χ1) is 13.9. The topological polar surface area (TPSA) is 61.8 Å². The number of carbonyl (C=O) groups excluding carboxylic acids is 2. The summed E-state index contributed by atoms with van der Waals surface area (Å²) >= 11 is 0. The summed E-state index contributed by atoms with van der Waals surface area (Å²) in [5.74, 6) is -3.36. The van der Waals surface area contributed by atoms with Gasteiger partial charge in [0, 0.05) is 6.07 Å². The maximum atomic E-state index is 14.1. The Hall–Kier alpha value is -2.18. The van der Waals surface area contributed by atoms with Crippen molar-refractivity contribution in [1.82, 2.24) is 0 Å². The second-order valence-electron chi connectivity index (χ2n) is 8.57. The van der Waals surface area contributed by atoms with Gasteiger partial charge in [-0.3, -0.25) is 9.59 Å². The molecule has 0 amide bonds. The van der Waals surface area contributed by atoms with Gasteiger partial charge in [0.2, 0.25) is 0 Å². The van der Waals surface area contributed by atoms with Crippen molar-refractivity contribution in [2.75, 3.05) is 0 Å². The first-order valence-electron chi connectivity index (χ1n) is 10.4. The van der Waals surface area contributed by atoms with Crippen molar-refractivity contribution >= 4 is 11.9 Å². The fraction of sp³-hybridized carbons (Fsp3) is 0.652. The number of carbonyl (C=O) groups is 2. The second-order valence-corrected chi connectivity index (χ2v) is 8.57. The summed E-state index contributed by atoms with van der Waals surface area (Å²) in [6, 6.07) is 2.98. The zero-order chi connectivity index (χ0) is 23.1. The molecule has 1 aromatic carbocycles. The van der Waals surface area contributed by atoms with Gasteiger partial charge in [-0.05, 0) is 58.6 Å². The first-order valence-corrected chi connectivity index (χ1v) is 10.4. The summed E-state index contributed by atoms with van der Waals surface area (Å²) in [6.07, 6.45) is -0.112. The molecule has 0 aliphatic rings. The van der Waals surface area contributed by atoms with Crippen LogP contribution in [-0.4, -0.2) is 29.7 Å². The molecule has 0 heterocycles. The molecule has 0 fully saturated rings.